The van der Waals surface area contributed by atoms with E-state index in [1.807, 2.05) is 24.4 Å². The van der Waals surface area contributed by atoms with Gasteiger partial charge in [-0.15, -0.1) is 22.7 Å². The third kappa shape index (κ3) is 1.76. The molecule has 1 unspecified atom stereocenters. The molecule has 2 aromatic heterocycles. The largest absolute Gasteiger partial charge is 0.303 e. The minimum absolute atomic E-state index is 0.0405. The van der Waals surface area contributed by atoms with Gasteiger partial charge in [-0.2, -0.15) is 0 Å². The molecule has 0 fully saturated rings. The first-order valence-electron chi connectivity index (χ1n) is 4.26. The molecule has 0 radical (unpaired) electrons. The lowest BCUT2D eigenvalue weighted by Crippen LogP contribution is -1.88. The Bertz CT molecular complexity index is 419. The Morgan fingerprint density at radius 3 is 3.07 bits per heavy atom. The molecule has 0 amide bonds. The van der Waals surface area contributed by atoms with Gasteiger partial charge in [0.1, 0.15) is 11.3 Å². The first-order valence-corrected chi connectivity index (χ1v) is 5.96. The zero-order valence-corrected chi connectivity index (χ0v) is 9.27. The Morgan fingerprint density at radius 2 is 2.43 bits per heavy atom. The van der Waals surface area contributed by atoms with Crippen LogP contribution in [0, 0.1) is 0 Å². The first-order chi connectivity index (χ1) is 6.81. The highest BCUT2D eigenvalue weighted by molar-refractivity contribution is 7.21. The molecular formula is C10H9NOS2. The average Bonchev–Trinajstić information content (AvgIpc) is 2.86. The number of rotatable bonds is 3. The standard InChI is InChI=1S/C10H9NOS2/c1-7(6-12)9-5-11-10(14-9)8-3-2-4-13-8/h2-7H,1H3. The predicted octanol–water partition coefficient (Wildman–Crippen LogP) is 3.17. The van der Waals surface area contributed by atoms with Crippen LogP contribution in [0.2, 0.25) is 0 Å². The van der Waals surface area contributed by atoms with Crippen LogP contribution in [0.25, 0.3) is 9.88 Å². The molecule has 0 aromatic carbocycles. The van der Waals surface area contributed by atoms with Crippen LogP contribution in [-0.4, -0.2) is 11.3 Å². The van der Waals surface area contributed by atoms with Crippen molar-refractivity contribution in [1.29, 1.82) is 0 Å². The third-order valence-corrected chi connectivity index (χ3v) is 4.15. The smallest absolute Gasteiger partial charge is 0.133 e. The summed E-state index contributed by atoms with van der Waals surface area (Å²) in [5, 5.41) is 3.03. The monoisotopic (exact) mass is 223 g/mol. The number of nitrogens with zero attached hydrogens (tertiary/aromatic N) is 1. The fraction of sp³-hybridized carbons (Fsp3) is 0.200. The van der Waals surface area contributed by atoms with Crippen LogP contribution in [0.3, 0.4) is 0 Å². The average molecular weight is 223 g/mol. The molecule has 14 heavy (non-hydrogen) atoms. The van der Waals surface area contributed by atoms with E-state index in [-0.39, 0.29) is 5.92 Å². The zero-order valence-electron chi connectivity index (χ0n) is 7.64. The summed E-state index contributed by atoms with van der Waals surface area (Å²) >= 11 is 3.26. The summed E-state index contributed by atoms with van der Waals surface area (Å²) in [5.41, 5.74) is 0. The summed E-state index contributed by atoms with van der Waals surface area (Å²) in [6.07, 6.45) is 2.74. The molecule has 0 aliphatic heterocycles. The van der Waals surface area contributed by atoms with Gasteiger partial charge in [-0.25, -0.2) is 4.98 Å². The second kappa shape index (κ2) is 4.02. The van der Waals surface area contributed by atoms with Gasteiger partial charge in [-0.05, 0) is 11.4 Å². The molecule has 2 nitrogen and oxygen atoms in total. The summed E-state index contributed by atoms with van der Waals surface area (Å²) in [6.45, 7) is 1.89. The van der Waals surface area contributed by atoms with E-state index in [0.29, 0.717) is 0 Å². The molecule has 0 saturated carbocycles. The molecule has 2 aromatic rings. The Balaban J connectivity index is 2.30. The molecule has 0 aliphatic carbocycles. The summed E-state index contributed by atoms with van der Waals surface area (Å²) in [6, 6.07) is 4.04. The highest BCUT2D eigenvalue weighted by atomic mass is 32.1. The van der Waals surface area contributed by atoms with Crippen molar-refractivity contribution in [2.45, 2.75) is 12.8 Å². The van der Waals surface area contributed by atoms with Crippen LogP contribution in [0.4, 0.5) is 0 Å². The zero-order chi connectivity index (χ0) is 9.97. The first kappa shape index (κ1) is 9.55. The van der Waals surface area contributed by atoms with Gasteiger partial charge >= 0.3 is 0 Å². The van der Waals surface area contributed by atoms with Gasteiger partial charge in [-0.3, -0.25) is 0 Å². The number of hydrogen-bond donors (Lipinski definition) is 0. The van der Waals surface area contributed by atoms with E-state index in [1.165, 1.54) is 4.88 Å². The van der Waals surface area contributed by atoms with Crippen molar-refractivity contribution in [1.82, 2.24) is 4.98 Å². The van der Waals surface area contributed by atoms with E-state index in [9.17, 15) is 4.79 Å². The van der Waals surface area contributed by atoms with Crippen molar-refractivity contribution in [2.24, 2.45) is 0 Å². The highest BCUT2D eigenvalue weighted by Crippen LogP contribution is 2.31. The van der Waals surface area contributed by atoms with Crippen LogP contribution in [-0.2, 0) is 4.79 Å². The van der Waals surface area contributed by atoms with Crippen molar-refractivity contribution in [3.05, 3.63) is 28.6 Å². The lowest BCUT2D eigenvalue weighted by Gasteiger charge is -1.94. The van der Waals surface area contributed by atoms with Gasteiger partial charge in [0.15, 0.2) is 0 Å². The quantitative estimate of drug-likeness (QED) is 0.748. The number of thiophene rings is 1. The maximum absolute atomic E-state index is 10.6. The Labute approximate surface area is 90.2 Å². The minimum Gasteiger partial charge on any atom is -0.303 e. The van der Waals surface area contributed by atoms with E-state index in [4.69, 9.17) is 0 Å². The molecule has 72 valence electrons. The maximum Gasteiger partial charge on any atom is 0.133 e. The Kier molecular flexibility index (Phi) is 2.74. The fourth-order valence-electron chi connectivity index (χ4n) is 1.08. The van der Waals surface area contributed by atoms with Gasteiger partial charge in [0.2, 0.25) is 0 Å². The lowest BCUT2D eigenvalue weighted by atomic mass is 10.2. The van der Waals surface area contributed by atoms with Crippen molar-refractivity contribution in [3.8, 4) is 9.88 Å². The second-order valence-corrected chi connectivity index (χ2v) is 4.98. The van der Waals surface area contributed by atoms with Crippen LogP contribution >= 0.6 is 22.7 Å². The summed E-state index contributed by atoms with van der Waals surface area (Å²) in [4.78, 5) is 17.1. The van der Waals surface area contributed by atoms with Crippen LogP contribution < -0.4 is 0 Å². The summed E-state index contributed by atoms with van der Waals surface area (Å²) in [5.74, 6) is -0.0405. The predicted molar refractivity (Wildman–Crippen MR) is 59.9 cm³/mol. The molecule has 0 N–H and O–H groups in total. The third-order valence-electron chi connectivity index (χ3n) is 1.91. The maximum atomic E-state index is 10.6. The van der Waals surface area contributed by atoms with E-state index in [1.54, 1.807) is 28.9 Å². The highest BCUT2D eigenvalue weighted by Gasteiger charge is 2.10. The van der Waals surface area contributed by atoms with Crippen molar-refractivity contribution < 1.29 is 4.79 Å². The summed E-state index contributed by atoms with van der Waals surface area (Å²) < 4.78 is 0. The molecule has 0 spiro atoms. The molecule has 0 bridgehead atoms. The fourth-order valence-corrected chi connectivity index (χ4v) is 2.81. The van der Waals surface area contributed by atoms with Gasteiger partial charge in [-0.1, -0.05) is 13.0 Å². The van der Waals surface area contributed by atoms with Crippen LogP contribution in [0.5, 0.6) is 0 Å². The van der Waals surface area contributed by atoms with Gasteiger partial charge in [0.25, 0.3) is 0 Å². The van der Waals surface area contributed by atoms with Crippen LogP contribution in [0.1, 0.15) is 17.7 Å². The van der Waals surface area contributed by atoms with E-state index in [0.717, 1.165) is 16.2 Å². The molecule has 0 saturated heterocycles. The number of carbonyl (C=O) groups excluding carboxylic acids is 1. The van der Waals surface area contributed by atoms with Gasteiger partial charge < -0.3 is 4.79 Å². The summed E-state index contributed by atoms with van der Waals surface area (Å²) in [7, 11) is 0. The van der Waals surface area contributed by atoms with Gasteiger partial charge in [0, 0.05) is 17.0 Å². The number of hydrogen-bond acceptors (Lipinski definition) is 4. The van der Waals surface area contributed by atoms with Crippen molar-refractivity contribution >= 4 is 29.0 Å². The Hall–Kier alpha value is -1.00. The number of aldehydes is 1. The number of thiazole rings is 1. The van der Waals surface area contributed by atoms with Crippen molar-refractivity contribution in [3.63, 3.8) is 0 Å². The minimum atomic E-state index is -0.0405. The van der Waals surface area contributed by atoms with Crippen LogP contribution in [0.15, 0.2) is 23.7 Å². The number of carbonyl (C=O) groups is 1. The SMILES string of the molecule is CC(C=O)c1cnc(-c2cccs2)s1. The topological polar surface area (TPSA) is 30.0 Å². The van der Waals surface area contributed by atoms with E-state index < -0.39 is 0 Å². The molecule has 2 rings (SSSR count). The lowest BCUT2D eigenvalue weighted by molar-refractivity contribution is -0.108. The molecule has 0 aliphatic rings. The van der Waals surface area contributed by atoms with E-state index in [2.05, 4.69) is 4.98 Å². The molecule has 4 heteroatoms. The molecule has 2 heterocycles. The van der Waals surface area contributed by atoms with Gasteiger partial charge in [0.05, 0.1) is 4.88 Å². The van der Waals surface area contributed by atoms with Crippen molar-refractivity contribution in [2.75, 3.05) is 0 Å². The normalized spacial score (nSPS) is 12.6. The number of aromatic nitrogens is 1. The second-order valence-electron chi connectivity index (χ2n) is 2.97. The molecule has 1 atom stereocenters. The Morgan fingerprint density at radius 1 is 1.57 bits per heavy atom. The molecular weight excluding hydrogens is 214 g/mol. The van der Waals surface area contributed by atoms with E-state index >= 15 is 0 Å².